The number of carbonyl (C=O) groups excluding carboxylic acids is 1. The summed E-state index contributed by atoms with van der Waals surface area (Å²) in [7, 11) is 0. The van der Waals surface area contributed by atoms with Crippen LogP contribution in [0.1, 0.15) is 32.6 Å². The van der Waals surface area contributed by atoms with Crippen LogP contribution < -0.4 is 10.6 Å². The average Bonchev–Trinajstić information content (AvgIpc) is 3.42. The minimum Gasteiger partial charge on any atom is -0.481 e. The number of pyridine rings is 1. The summed E-state index contributed by atoms with van der Waals surface area (Å²) in [5.41, 5.74) is 2.21. The molecule has 3 aliphatic carbocycles. The number of nitrogens with one attached hydrogen (secondary N) is 3. The predicted octanol–water partition coefficient (Wildman–Crippen LogP) is 3.67. The Kier molecular flexibility index (Phi) is 4.94. The SMILES string of the molecule is CC(=O)Nc1cc2c(N[C@@H]3C4CCC(CC4)[C@H]3C(=O)O)nc(-c3c[nH]c4ncc(F)cc34)nn2c1. The zero-order chi connectivity index (χ0) is 24.3. The molecule has 3 saturated carbocycles. The highest BCUT2D eigenvalue weighted by molar-refractivity contribution is 5.93. The van der Waals surface area contributed by atoms with E-state index in [0.717, 1.165) is 31.9 Å². The quantitative estimate of drug-likeness (QED) is 0.344. The average molecular weight is 478 g/mol. The molecule has 4 aromatic heterocycles. The number of H-pyrrole nitrogens is 1. The fourth-order valence-electron chi connectivity index (χ4n) is 5.82. The first-order chi connectivity index (χ1) is 16.9. The molecule has 0 spiro atoms. The largest absolute Gasteiger partial charge is 0.481 e. The molecule has 2 bridgehead atoms. The summed E-state index contributed by atoms with van der Waals surface area (Å²) in [6.07, 6.45) is 8.28. The number of aromatic amines is 1. The Morgan fingerprint density at radius 3 is 2.71 bits per heavy atom. The van der Waals surface area contributed by atoms with E-state index < -0.39 is 17.7 Å². The van der Waals surface area contributed by atoms with E-state index in [0.29, 0.717) is 39.4 Å². The Labute approximate surface area is 199 Å². The van der Waals surface area contributed by atoms with E-state index in [1.54, 1.807) is 23.0 Å². The second kappa shape index (κ2) is 8.03. The van der Waals surface area contributed by atoms with E-state index in [4.69, 9.17) is 4.98 Å². The van der Waals surface area contributed by atoms with Crippen LogP contribution in [0.25, 0.3) is 27.9 Å². The van der Waals surface area contributed by atoms with Gasteiger partial charge >= 0.3 is 5.97 Å². The molecular weight excluding hydrogens is 453 g/mol. The van der Waals surface area contributed by atoms with E-state index in [1.807, 2.05) is 0 Å². The predicted molar refractivity (Wildman–Crippen MR) is 126 cm³/mol. The van der Waals surface area contributed by atoms with Crippen LogP contribution in [0.3, 0.4) is 0 Å². The van der Waals surface area contributed by atoms with E-state index in [1.165, 1.54) is 13.0 Å². The van der Waals surface area contributed by atoms with Gasteiger partial charge in [-0.15, -0.1) is 5.10 Å². The molecule has 4 aromatic rings. The van der Waals surface area contributed by atoms with Crippen molar-refractivity contribution < 1.29 is 19.1 Å². The summed E-state index contributed by atoms with van der Waals surface area (Å²) in [6.45, 7) is 1.42. The fourth-order valence-corrected chi connectivity index (χ4v) is 5.82. The second-order valence-corrected chi connectivity index (χ2v) is 9.48. The zero-order valence-corrected chi connectivity index (χ0v) is 19.0. The van der Waals surface area contributed by atoms with Crippen LogP contribution in [0.4, 0.5) is 15.9 Å². The number of aromatic nitrogens is 5. The number of halogens is 1. The molecule has 7 rings (SSSR count). The van der Waals surface area contributed by atoms with Gasteiger partial charge in [0.05, 0.1) is 24.0 Å². The Balaban J connectivity index is 1.49. The van der Waals surface area contributed by atoms with Crippen molar-refractivity contribution in [3.8, 4) is 11.4 Å². The number of aliphatic carboxylic acids is 1. The number of hydrogen-bond donors (Lipinski definition) is 4. The molecule has 10 nitrogen and oxygen atoms in total. The summed E-state index contributed by atoms with van der Waals surface area (Å²) >= 11 is 0. The highest BCUT2D eigenvalue weighted by Crippen LogP contribution is 2.46. The lowest BCUT2D eigenvalue weighted by Gasteiger charge is -2.47. The fraction of sp³-hybridized carbons (Fsp3) is 0.375. The van der Waals surface area contributed by atoms with E-state index >= 15 is 0 Å². The van der Waals surface area contributed by atoms with Gasteiger partial charge in [0.25, 0.3) is 0 Å². The molecule has 3 aliphatic rings. The summed E-state index contributed by atoms with van der Waals surface area (Å²) in [6, 6.07) is 2.85. The number of carboxylic acid groups (broad SMARTS) is 1. The minimum atomic E-state index is -0.797. The van der Waals surface area contributed by atoms with Crippen molar-refractivity contribution in [2.24, 2.45) is 17.8 Å². The Morgan fingerprint density at radius 2 is 1.97 bits per heavy atom. The van der Waals surface area contributed by atoms with Crippen LogP contribution in [-0.4, -0.2) is 47.6 Å². The number of anilines is 2. The number of fused-ring (bicyclic) bond motifs is 5. The molecule has 4 heterocycles. The van der Waals surface area contributed by atoms with Crippen LogP contribution in [0.5, 0.6) is 0 Å². The Morgan fingerprint density at radius 1 is 1.20 bits per heavy atom. The maximum absolute atomic E-state index is 14.0. The maximum Gasteiger partial charge on any atom is 0.308 e. The van der Waals surface area contributed by atoms with Crippen molar-refractivity contribution in [1.29, 1.82) is 0 Å². The first-order valence-corrected chi connectivity index (χ1v) is 11.7. The molecule has 0 aromatic carbocycles. The van der Waals surface area contributed by atoms with Gasteiger partial charge < -0.3 is 20.7 Å². The van der Waals surface area contributed by atoms with Gasteiger partial charge in [0.2, 0.25) is 5.91 Å². The van der Waals surface area contributed by atoms with Crippen molar-refractivity contribution in [2.45, 2.75) is 38.6 Å². The number of amides is 1. The molecule has 180 valence electrons. The summed E-state index contributed by atoms with van der Waals surface area (Å²) in [4.78, 5) is 35.7. The van der Waals surface area contributed by atoms with Gasteiger partial charge in [-0.1, -0.05) is 0 Å². The van der Waals surface area contributed by atoms with Crippen LogP contribution in [0, 0.1) is 23.6 Å². The lowest BCUT2D eigenvalue weighted by molar-refractivity contribution is -0.148. The molecule has 4 N–H and O–H groups in total. The van der Waals surface area contributed by atoms with Gasteiger partial charge in [-0.2, -0.15) is 0 Å². The third-order valence-electron chi connectivity index (χ3n) is 7.33. The van der Waals surface area contributed by atoms with E-state index in [9.17, 15) is 19.1 Å². The molecule has 0 saturated heterocycles. The van der Waals surface area contributed by atoms with E-state index in [-0.39, 0.29) is 23.8 Å². The van der Waals surface area contributed by atoms with Crippen molar-refractivity contribution in [2.75, 3.05) is 10.6 Å². The van der Waals surface area contributed by atoms with Crippen molar-refractivity contribution >= 4 is 39.9 Å². The highest BCUT2D eigenvalue weighted by atomic mass is 19.1. The molecule has 11 heteroatoms. The lowest BCUT2D eigenvalue weighted by Crippen LogP contribution is -2.51. The van der Waals surface area contributed by atoms with Crippen molar-refractivity contribution in [3.63, 3.8) is 0 Å². The van der Waals surface area contributed by atoms with Gasteiger partial charge in [-0.3, -0.25) is 9.59 Å². The second-order valence-electron chi connectivity index (χ2n) is 9.48. The molecule has 35 heavy (non-hydrogen) atoms. The zero-order valence-electron chi connectivity index (χ0n) is 19.0. The molecule has 2 atom stereocenters. The van der Waals surface area contributed by atoms with Crippen LogP contribution >= 0.6 is 0 Å². The van der Waals surface area contributed by atoms with Crippen LogP contribution in [-0.2, 0) is 9.59 Å². The topological polar surface area (TPSA) is 137 Å². The molecule has 1 amide bonds. The number of carboxylic acids is 1. The maximum atomic E-state index is 14.0. The Bertz CT molecular complexity index is 1470. The third kappa shape index (κ3) is 3.67. The molecule has 0 radical (unpaired) electrons. The standard InChI is InChI=1S/C24H24FN7O3/c1-11(33)28-15-7-18-23(29-20-13-4-2-12(3-5-13)19(20)24(34)35)30-22(31-32(18)10-15)17-9-27-21-16(17)6-14(25)8-26-21/h6-10,12-13,19-20H,2-5H2,1H3,(H,26,27)(H,28,33)(H,34,35)(H,29,30,31)/t12?,13?,19-,20-/m1/s1. The Hall–Kier alpha value is -4.02. The molecule has 0 aliphatic heterocycles. The lowest BCUT2D eigenvalue weighted by atomic mass is 9.61. The minimum absolute atomic E-state index is 0.136. The van der Waals surface area contributed by atoms with Gasteiger partial charge in [-0.05, 0) is 49.7 Å². The normalized spacial score (nSPS) is 23.6. The first-order valence-electron chi connectivity index (χ1n) is 11.7. The molecular formula is C24H24FN7O3. The number of nitrogens with zero attached hydrogens (tertiary/aromatic N) is 4. The van der Waals surface area contributed by atoms with Crippen molar-refractivity contribution in [3.05, 3.63) is 36.5 Å². The summed E-state index contributed by atoms with van der Waals surface area (Å²) in [5.74, 6) is -0.851. The van der Waals surface area contributed by atoms with Gasteiger partial charge in [0.15, 0.2) is 11.6 Å². The van der Waals surface area contributed by atoms with Crippen LogP contribution in [0.15, 0.2) is 30.7 Å². The van der Waals surface area contributed by atoms with Gasteiger partial charge in [0, 0.05) is 30.1 Å². The monoisotopic (exact) mass is 477 g/mol. The molecule has 0 unspecified atom stereocenters. The smallest absolute Gasteiger partial charge is 0.308 e. The van der Waals surface area contributed by atoms with Gasteiger partial charge in [0.1, 0.15) is 17.0 Å². The van der Waals surface area contributed by atoms with Gasteiger partial charge in [-0.25, -0.2) is 18.9 Å². The number of hydrogen-bond acceptors (Lipinski definition) is 6. The summed E-state index contributed by atoms with van der Waals surface area (Å²) < 4.78 is 15.5. The van der Waals surface area contributed by atoms with E-state index in [2.05, 4.69) is 25.7 Å². The first kappa shape index (κ1) is 21.5. The third-order valence-corrected chi connectivity index (χ3v) is 7.33. The number of carbonyl (C=O) groups is 2. The van der Waals surface area contributed by atoms with Crippen LogP contribution in [0.2, 0.25) is 0 Å². The summed E-state index contributed by atoms with van der Waals surface area (Å²) in [5, 5.41) is 21.3. The molecule has 3 fully saturated rings. The highest BCUT2D eigenvalue weighted by Gasteiger charge is 2.47. The van der Waals surface area contributed by atoms with Crippen molar-refractivity contribution in [1.82, 2.24) is 24.6 Å². The number of rotatable bonds is 5.